The van der Waals surface area contributed by atoms with Crippen LogP contribution in [0, 0.1) is 0 Å². The number of hydrogen-bond acceptors (Lipinski definition) is 5. The van der Waals surface area contributed by atoms with Gasteiger partial charge in [-0.1, -0.05) is 6.58 Å². The molecule has 0 aliphatic carbocycles. The quantitative estimate of drug-likeness (QED) is 0.528. The van der Waals surface area contributed by atoms with Crippen molar-refractivity contribution in [2.45, 2.75) is 32.8 Å². The summed E-state index contributed by atoms with van der Waals surface area (Å²) in [6.07, 6.45) is -1.60. The van der Waals surface area contributed by atoms with Crippen molar-refractivity contribution in [3.8, 4) is 0 Å². The largest absolute Gasteiger partial charge is 0.481 e. The second kappa shape index (κ2) is 7.43. The molecule has 1 atom stereocenters. The standard InChI is InChI=1S/C11H16O6/c1-4-16-11(15)8(5-6-9(12)13)17-10(14)7(2)3/h8H,2,4-6H2,1,3H3,(H,12,13). The van der Waals surface area contributed by atoms with E-state index in [4.69, 9.17) is 9.84 Å². The summed E-state index contributed by atoms with van der Waals surface area (Å²) >= 11 is 0. The Labute approximate surface area is 99.2 Å². The number of carbonyl (C=O) groups is 3. The zero-order valence-electron chi connectivity index (χ0n) is 9.89. The van der Waals surface area contributed by atoms with Crippen LogP contribution in [0.25, 0.3) is 0 Å². The first kappa shape index (κ1) is 15.2. The van der Waals surface area contributed by atoms with Crippen LogP contribution >= 0.6 is 0 Å². The predicted molar refractivity (Wildman–Crippen MR) is 58.2 cm³/mol. The van der Waals surface area contributed by atoms with Crippen molar-refractivity contribution in [2.75, 3.05) is 6.61 Å². The number of hydrogen-bond donors (Lipinski definition) is 1. The Morgan fingerprint density at radius 2 is 1.94 bits per heavy atom. The summed E-state index contributed by atoms with van der Waals surface area (Å²) < 4.78 is 9.48. The molecule has 0 aliphatic heterocycles. The van der Waals surface area contributed by atoms with Gasteiger partial charge in [0.2, 0.25) is 0 Å². The van der Waals surface area contributed by atoms with Crippen LogP contribution < -0.4 is 0 Å². The number of carboxylic acid groups (broad SMARTS) is 1. The lowest BCUT2D eigenvalue weighted by molar-refractivity contribution is -0.166. The molecular weight excluding hydrogens is 228 g/mol. The molecule has 0 heterocycles. The van der Waals surface area contributed by atoms with E-state index in [0.29, 0.717) is 0 Å². The number of esters is 2. The summed E-state index contributed by atoms with van der Waals surface area (Å²) in [5.41, 5.74) is 0.134. The average molecular weight is 244 g/mol. The number of ether oxygens (including phenoxy) is 2. The normalized spacial score (nSPS) is 11.4. The topological polar surface area (TPSA) is 89.9 Å². The predicted octanol–water partition coefficient (Wildman–Crippen LogP) is 0.902. The molecular formula is C11H16O6. The molecule has 0 aliphatic rings. The van der Waals surface area contributed by atoms with Crippen molar-refractivity contribution < 1.29 is 29.0 Å². The summed E-state index contributed by atoms with van der Waals surface area (Å²) in [7, 11) is 0. The molecule has 0 fully saturated rings. The fourth-order valence-electron chi connectivity index (χ4n) is 0.944. The van der Waals surface area contributed by atoms with Gasteiger partial charge in [0.05, 0.1) is 6.61 Å². The summed E-state index contributed by atoms with van der Waals surface area (Å²) in [5.74, 6) is -2.57. The number of aliphatic carboxylic acids is 1. The molecule has 0 aromatic carbocycles. The van der Waals surface area contributed by atoms with E-state index in [-0.39, 0.29) is 25.0 Å². The minimum Gasteiger partial charge on any atom is -0.481 e. The van der Waals surface area contributed by atoms with Crippen LogP contribution in [0.2, 0.25) is 0 Å². The second-order valence-electron chi connectivity index (χ2n) is 3.36. The maximum Gasteiger partial charge on any atom is 0.347 e. The highest BCUT2D eigenvalue weighted by Gasteiger charge is 2.25. The molecule has 0 amide bonds. The van der Waals surface area contributed by atoms with Crippen LogP contribution in [0.1, 0.15) is 26.7 Å². The van der Waals surface area contributed by atoms with Crippen LogP contribution in [-0.4, -0.2) is 35.7 Å². The third kappa shape index (κ3) is 6.34. The minimum absolute atomic E-state index is 0.118. The molecule has 1 unspecified atom stereocenters. The Balaban J connectivity index is 4.49. The Bertz CT molecular complexity index is 320. The molecule has 17 heavy (non-hydrogen) atoms. The minimum atomic E-state index is -1.20. The summed E-state index contributed by atoms with van der Waals surface area (Å²) in [6, 6.07) is 0. The van der Waals surface area contributed by atoms with Crippen LogP contribution in [0.5, 0.6) is 0 Å². The van der Waals surface area contributed by atoms with E-state index in [1.165, 1.54) is 6.92 Å². The SMILES string of the molecule is C=C(C)C(=O)OC(CCC(=O)O)C(=O)OCC. The van der Waals surface area contributed by atoms with Crippen LogP contribution in [-0.2, 0) is 23.9 Å². The average Bonchev–Trinajstić information content (AvgIpc) is 2.23. The first-order chi connectivity index (χ1) is 7.88. The van der Waals surface area contributed by atoms with Crippen molar-refractivity contribution in [3.63, 3.8) is 0 Å². The third-order valence-corrected chi connectivity index (χ3v) is 1.77. The second-order valence-corrected chi connectivity index (χ2v) is 3.36. The van der Waals surface area contributed by atoms with Gasteiger partial charge in [-0.25, -0.2) is 9.59 Å². The zero-order valence-corrected chi connectivity index (χ0v) is 9.89. The first-order valence-electron chi connectivity index (χ1n) is 5.13. The van der Waals surface area contributed by atoms with Gasteiger partial charge < -0.3 is 14.6 Å². The Morgan fingerprint density at radius 3 is 2.35 bits per heavy atom. The van der Waals surface area contributed by atoms with Gasteiger partial charge in [0.1, 0.15) is 0 Å². The maximum atomic E-state index is 11.4. The highest BCUT2D eigenvalue weighted by Crippen LogP contribution is 2.08. The van der Waals surface area contributed by atoms with Crippen LogP contribution in [0.3, 0.4) is 0 Å². The van der Waals surface area contributed by atoms with Gasteiger partial charge in [0.25, 0.3) is 0 Å². The van der Waals surface area contributed by atoms with E-state index in [9.17, 15) is 14.4 Å². The van der Waals surface area contributed by atoms with Crippen molar-refractivity contribution >= 4 is 17.9 Å². The number of carboxylic acids is 1. The lowest BCUT2D eigenvalue weighted by Gasteiger charge is -2.15. The van der Waals surface area contributed by atoms with E-state index in [1.807, 2.05) is 0 Å². The molecule has 6 heteroatoms. The monoisotopic (exact) mass is 244 g/mol. The van der Waals surface area contributed by atoms with Gasteiger partial charge in [-0.15, -0.1) is 0 Å². The fraction of sp³-hybridized carbons (Fsp3) is 0.545. The first-order valence-corrected chi connectivity index (χ1v) is 5.13. The van der Waals surface area contributed by atoms with E-state index in [2.05, 4.69) is 11.3 Å². The molecule has 6 nitrogen and oxygen atoms in total. The van der Waals surface area contributed by atoms with Gasteiger partial charge >= 0.3 is 17.9 Å². The summed E-state index contributed by atoms with van der Waals surface area (Å²) in [6.45, 7) is 6.53. The van der Waals surface area contributed by atoms with E-state index in [0.717, 1.165) is 0 Å². The molecule has 0 saturated carbocycles. The van der Waals surface area contributed by atoms with Gasteiger partial charge in [-0.3, -0.25) is 4.79 Å². The maximum absolute atomic E-state index is 11.4. The highest BCUT2D eigenvalue weighted by atomic mass is 16.6. The zero-order chi connectivity index (χ0) is 13.4. The van der Waals surface area contributed by atoms with Crippen molar-refractivity contribution in [2.24, 2.45) is 0 Å². The van der Waals surface area contributed by atoms with E-state index >= 15 is 0 Å². The summed E-state index contributed by atoms with van der Waals surface area (Å²) in [4.78, 5) is 33.0. The van der Waals surface area contributed by atoms with Gasteiger partial charge in [-0.2, -0.15) is 0 Å². The Kier molecular flexibility index (Phi) is 6.62. The molecule has 0 saturated heterocycles. The van der Waals surface area contributed by atoms with Gasteiger partial charge in [0.15, 0.2) is 6.10 Å². The van der Waals surface area contributed by atoms with E-state index in [1.54, 1.807) is 6.92 Å². The molecule has 96 valence electrons. The highest BCUT2D eigenvalue weighted by molar-refractivity contribution is 5.89. The molecule has 1 N–H and O–H groups in total. The van der Waals surface area contributed by atoms with Gasteiger partial charge in [-0.05, 0) is 13.8 Å². The van der Waals surface area contributed by atoms with Crippen molar-refractivity contribution in [1.82, 2.24) is 0 Å². The number of carbonyl (C=O) groups excluding carboxylic acids is 2. The van der Waals surface area contributed by atoms with Gasteiger partial charge in [0, 0.05) is 18.4 Å². The molecule has 0 radical (unpaired) electrons. The fourth-order valence-corrected chi connectivity index (χ4v) is 0.944. The Morgan fingerprint density at radius 1 is 1.35 bits per heavy atom. The Hall–Kier alpha value is -1.85. The van der Waals surface area contributed by atoms with Crippen molar-refractivity contribution in [1.29, 1.82) is 0 Å². The smallest absolute Gasteiger partial charge is 0.347 e. The summed E-state index contributed by atoms with van der Waals surface area (Å²) in [5, 5.41) is 8.51. The molecule has 0 bridgehead atoms. The lowest BCUT2D eigenvalue weighted by Crippen LogP contribution is -2.30. The molecule has 0 aromatic rings. The molecule has 0 aromatic heterocycles. The van der Waals surface area contributed by atoms with E-state index < -0.39 is 24.0 Å². The van der Waals surface area contributed by atoms with Crippen LogP contribution in [0.4, 0.5) is 0 Å². The molecule has 0 spiro atoms. The molecule has 0 rings (SSSR count). The third-order valence-electron chi connectivity index (χ3n) is 1.77. The van der Waals surface area contributed by atoms with Crippen molar-refractivity contribution in [3.05, 3.63) is 12.2 Å². The lowest BCUT2D eigenvalue weighted by atomic mass is 10.2. The van der Waals surface area contributed by atoms with Crippen LogP contribution in [0.15, 0.2) is 12.2 Å². The number of rotatable bonds is 7.